The van der Waals surface area contributed by atoms with Gasteiger partial charge in [0.25, 0.3) is 0 Å². The summed E-state index contributed by atoms with van der Waals surface area (Å²) in [5.74, 6) is 0. The molecule has 2 rings (SSSR count). The molecule has 2 unspecified atom stereocenters. The highest BCUT2D eigenvalue weighted by Crippen LogP contribution is 2.28. The molecule has 0 aromatic carbocycles. The molecule has 0 saturated carbocycles. The fraction of sp³-hybridized carbons (Fsp3) is 0.900. The Labute approximate surface area is 89.3 Å². The molecule has 2 heterocycles. The molecule has 2 aliphatic rings. The lowest BCUT2D eigenvalue weighted by Crippen LogP contribution is -2.41. The molecular formula is C10H17NO4. The number of carbonyl (C=O) groups is 1. The summed E-state index contributed by atoms with van der Waals surface area (Å²) in [6, 6.07) is 0. The summed E-state index contributed by atoms with van der Waals surface area (Å²) in [4.78, 5) is 13.4. The monoisotopic (exact) mass is 215 g/mol. The molecule has 5 nitrogen and oxygen atoms in total. The number of hydrogen-bond acceptors (Lipinski definition) is 4. The summed E-state index contributed by atoms with van der Waals surface area (Å²) in [6.45, 7) is 6.47. The third-order valence-corrected chi connectivity index (χ3v) is 2.43. The molecule has 2 fully saturated rings. The number of carbonyl (C=O) groups excluding carboxylic acids is 1. The van der Waals surface area contributed by atoms with Crippen molar-refractivity contribution < 1.29 is 19.0 Å². The molecule has 1 amide bonds. The molecule has 0 spiro atoms. The van der Waals surface area contributed by atoms with E-state index in [1.165, 1.54) is 0 Å². The third kappa shape index (κ3) is 2.23. The maximum atomic E-state index is 11.8. The SMILES string of the molecule is CC(C)(C)OC(=O)N1CCC2OCOC21. The Bertz CT molecular complexity index is 261. The summed E-state index contributed by atoms with van der Waals surface area (Å²) in [5.41, 5.74) is -0.464. The van der Waals surface area contributed by atoms with Gasteiger partial charge in [0.15, 0.2) is 6.23 Å². The van der Waals surface area contributed by atoms with Gasteiger partial charge in [0, 0.05) is 6.54 Å². The van der Waals surface area contributed by atoms with Crippen molar-refractivity contribution in [1.29, 1.82) is 0 Å². The quantitative estimate of drug-likeness (QED) is 0.611. The highest BCUT2D eigenvalue weighted by atomic mass is 16.7. The number of likely N-dealkylation sites (tertiary alicyclic amines) is 1. The average molecular weight is 215 g/mol. The Morgan fingerprint density at radius 1 is 1.40 bits per heavy atom. The summed E-state index contributed by atoms with van der Waals surface area (Å²) in [7, 11) is 0. The van der Waals surface area contributed by atoms with Gasteiger partial charge in [-0.2, -0.15) is 0 Å². The van der Waals surface area contributed by atoms with E-state index < -0.39 is 5.60 Å². The smallest absolute Gasteiger partial charge is 0.412 e. The molecule has 2 saturated heterocycles. The first kappa shape index (κ1) is 10.7. The summed E-state index contributed by atoms with van der Waals surface area (Å²) < 4.78 is 15.9. The zero-order valence-corrected chi connectivity index (χ0v) is 9.36. The number of nitrogens with zero attached hydrogens (tertiary/aromatic N) is 1. The molecule has 86 valence electrons. The van der Waals surface area contributed by atoms with Gasteiger partial charge < -0.3 is 14.2 Å². The van der Waals surface area contributed by atoms with Crippen LogP contribution in [-0.2, 0) is 14.2 Å². The fourth-order valence-corrected chi connectivity index (χ4v) is 1.81. The Balaban J connectivity index is 1.96. The number of hydrogen-bond donors (Lipinski definition) is 0. The van der Waals surface area contributed by atoms with Crippen LogP contribution in [0.4, 0.5) is 4.79 Å². The second-order valence-electron chi connectivity index (χ2n) is 4.84. The van der Waals surface area contributed by atoms with Crippen molar-refractivity contribution in [3.8, 4) is 0 Å². The van der Waals surface area contributed by atoms with Crippen molar-refractivity contribution in [2.24, 2.45) is 0 Å². The van der Waals surface area contributed by atoms with Crippen LogP contribution in [0.15, 0.2) is 0 Å². The third-order valence-electron chi connectivity index (χ3n) is 2.43. The molecule has 0 aliphatic carbocycles. The van der Waals surface area contributed by atoms with Crippen LogP contribution in [0.25, 0.3) is 0 Å². The van der Waals surface area contributed by atoms with E-state index in [1.807, 2.05) is 20.8 Å². The van der Waals surface area contributed by atoms with E-state index in [1.54, 1.807) is 4.90 Å². The lowest BCUT2D eigenvalue weighted by molar-refractivity contribution is -0.0360. The molecule has 0 radical (unpaired) electrons. The zero-order chi connectivity index (χ0) is 11.1. The molecule has 2 atom stereocenters. The Hall–Kier alpha value is -0.810. The molecule has 0 aromatic rings. The zero-order valence-electron chi connectivity index (χ0n) is 9.36. The standard InChI is InChI=1S/C10H17NO4/c1-10(2,3)15-9(12)11-5-4-7-8(11)14-6-13-7/h7-8H,4-6H2,1-3H3. The summed E-state index contributed by atoms with van der Waals surface area (Å²) in [6.07, 6.45) is 0.280. The first-order valence-electron chi connectivity index (χ1n) is 5.20. The average Bonchev–Trinajstić information content (AvgIpc) is 2.57. The molecule has 15 heavy (non-hydrogen) atoms. The Morgan fingerprint density at radius 3 is 2.80 bits per heavy atom. The maximum absolute atomic E-state index is 11.8. The van der Waals surface area contributed by atoms with Crippen molar-refractivity contribution in [1.82, 2.24) is 4.90 Å². The first-order chi connectivity index (χ1) is 6.97. The highest BCUT2D eigenvalue weighted by Gasteiger charge is 2.43. The Morgan fingerprint density at radius 2 is 2.13 bits per heavy atom. The van der Waals surface area contributed by atoms with Crippen LogP contribution < -0.4 is 0 Å². The van der Waals surface area contributed by atoms with E-state index in [2.05, 4.69) is 0 Å². The van der Waals surface area contributed by atoms with Crippen molar-refractivity contribution in [3.05, 3.63) is 0 Å². The molecule has 2 aliphatic heterocycles. The molecule has 0 N–H and O–H groups in total. The van der Waals surface area contributed by atoms with Crippen LogP contribution in [0, 0.1) is 0 Å². The van der Waals surface area contributed by atoms with Gasteiger partial charge in [0.1, 0.15) is 18.5 Å². The predicted molar refractivity (Wildman–Crippen MR) is 52.2 cm³/mol. The largest absolute Gasteiger partial charge is 0.444 e. The summed E-state index contributed by atoms with van der Waals surface area (Å²) in [5, 5.41) is 0. The maximum Gasteiger partial charge on any atom is 0.412 e. The number of rotatable bonds is 0. The minimum absolute atomic E-state index is 0.0255. The van der Waals surface area contributed by atoms with Crippen LogP contribution in [0.3, 0.4) is 0 Å². The predicted octanol–water partition coefficient (Wildman–Crippen LogP) is 1.33. The van der Waals surface area contributed by atoms with E-state index in [0.717, 1.165) is 6.42 Å². The normalized spacial score (nSPS) is 30.5. The minimum Gasteiger partial charge on any atom is -0.444 e. The Kier molecular flexibility index (Phi) is 2.60. The van der Waals surface area contributed by atoms with E-state index >= 15 is 0 Å². The summed E-state index contributed by atoms with van der Waals surface area (Å²) >= 11 is 0. The van der Waals surface area contributed by atoms with Crippen LogP contribution in [-0.4, -0.2) is 42.3 Å². The second kappa shape index (κ2) is 3.64. The van der Waals surface area contributed by atoms with Gasteiger partial charge in [-0.05, 0) is 27.2 Å². The van der Waals surface area contributed by atoms with Crippen molar-refractivity contribution in [3.63, 3.8) is 0 Å². The van der Waals surface area contributed by atoms with Gasteiger partial charge in [0.05, 0.1) is 0 Å². The fourth-order valence-electron chi connectivity index (χ4n) is 1.81. The van der Waals surface area contributed by atoms with Crippen molar-refractivity contribution in [2.75, 3.05) is 13.3 Å². The van der Waals surface area contributed by atoms with E-state index in [-0.39, 0.29) is 25.2 Å². The molecule has 5 heteroatoms. The lowest BCUT2D eigenvalue weighted by Gasteiger charge is -2.26. The van der Waals surface area contributed by atoms with Crippen molar-refractivity contribution >= 4 is 6.09 Å². The van der Waals surface area contributed by atoms with E-state index in [0.29, 0.717) is 6.54 Å². The van der Waals surface area contributed by atoms with Gasteiger partial charge in [0.2, 0.25) is 0 Å². The van der Waals surface area contributed by atoms with E-state index in [4.69, 9.17) is 14.2 Å². The van der Waals surface area contributed by atoms with Gasteiger partial charge in [-0.15, -0.1) is 0 Å². The second-order valence-corrected chi connectivity index (χ2v) is 4.84. The molecule has 0 aromatic heterocycles. The lowest BCUT2D eigenvalue weighted by atomic mass is 10.2. The van der Waals surface area contributed by atoms with Crippen LogP contribution in [0.1, 0.15) is 27.2 Å². The molecule has 0 bridgehead atoms. The number of amides is 1. The van der Waals surface area contributed by atoms with Gasteiger partial charge in [-0.1, -0.05) is 0 Å². The number of fused-ring (bicyclic) bond motifs is 1. The number of ether oxygens (including phenoxy) is 3. The minimum atomic E-state index is -0.464. The van der Waals surface area contributed by atoms with E-state index in [9.17, 15) is 4.79 Å². The van der Waals surface area contributed by atoms with Gasteiger partial charge in [-0.25, -0.2) is 4.79 Å². The highest BCUT2D eigenvalue weighted by molar-refractivity contribution is 5.68. The van der Waals surface area contributed by atoms with Gasteiger partial charge >= 0.3 is 6.09 Å². The van der Waals surface area contributed by atoms with Gasteiger partial charge in [-0.3, -0.25) is 4.90 Å². The van der Waals surface area contributed by atoms with Crippen molar-refractivity contribution in [2.45, 2.75) is 45.1 Å². The first-order valence-corrected chi connectivity index (χ1v) is 5.20. The topological polar surface area (TPSA) is 48.0 Å². The molecular weight excluding hydrogens is 198 g/mol. The van der Waals surface area contributed by atoms with Crippen LogP contribution in [0.5, 0.6) is 0 Å². The van der Waals surface area contributed by atoms with Crippen LogP contribution >= 0.6 is 0 Å². The van der Waals surface area contributed by atoms with Crippen LogP contribution in [0.2, 0.25) is 0 Å².